The predicted octanol–water partition coefficient (Wildman–Crippen LogP) is 3.29. The van der Waals surface area contributed by atoms with Gasteiger partial charge >= 0.3 is 0 Å². The number of carbonyl (C=O) groups is 2. The number of rotatable bonds is 6. The molecule has 24 heavy (non-hydrogen) atoms. The van der Waals surface area contributed by atoms with E-state index < -0.39 is 0 Å². The SMILES string of the molecule is CCC[C@H](NC(=O)[C@H]1CCCN(C(=O)C2CC2)C1)c1ccccc1. The van der Waals surface area contributed by atoms with E-state index in [0.29, 0.717) is 6.54 Å². The molecule has 2 amide bonds. The number of nitrogens with zero attached hydrogens (tertiary/aromatic N) is 1. The Kier molecular flexibility index (Phi) is 5.54. The van der Waals surface area contributed by atoms with Crippen LogP contribution in [0.3, 0.4) is 0 Å². The van der Waals surface area contributed by atoms with Crippen LogP contribution in [0.4, 0.5) is 0 Å². The Morgan fingerprint density at radius 3 is 2.58 bits per heavy atom. The van der Waals surface area contributed by atoms with E-state index in [1.807, 2.05) is 23.1 Å². The van der Waals surface area contributed by atoms with Gasteiger partial charge < -0.3 is 10.2 Å². The monoisotopic (exact) mass is 328 g/mol. The number of likely N-dealkylation sites (tertiary alicyclic amines) is 1. The molecule has 4 nitrogen and oxygen atoms in total. The van der Waals surface area contributed by atoms with Gasteiger partial charge in [-0.3, -0.25) is 9.59 Å². The fraction of sp³-hybridized carbons (Fsp3) is 0.600. The average molecular weight is 328 g/mol. The van der Waals surface area contributed by atoms with Gasteiger partial charge in [-0.2, -0.15) is 0 Å². The van der Waals surface area contributed by atoms with E-state index in [2.05, 4.69) is 24.4 Å². The van der Waals surface area contributed by atoms with Crippen LogP contribution in [0, 0.1) is 11.8 Å². The summed E-state index contributed by atoms with van der Waals surface area (Å²) in [5.41, 5.74) is 1.16. The molecule has 1 aromatic rings. The van der Waals surface area contributed by atoms with Crippen molar-refractivity contribution in [2.45, 2.75) is 51.5 Å². The highest BCUT2D eigenvalue weighted by atomic mass is 16.2. The van der Waals surface area contributed by atoms with E-state index >= 15 is 0 Å². The van der Waals surface area contributed by atoms with Crippen molar-refractivity contribution in [3.8, 4) is 0 Å². The molecule has 0 radical (unpaired) electrons. The Balaban J connectivity index is 1.60. The van der Waals surface area contributed by atoms with E-state index in [-0.39, 0.29) is 29.7 Å². The van der Waals surface area contributed by atoms with Crippen molar-refractivity contribution in [3.63, 3.8) is 0 Å². The van der Waals surface area contributed by atoms with Crippen LogP contribution in [0.1, 0.15) is 57.1 Å². The second-order valence-electron chi connectivity index (χ2n) is 7.16. The van der Waals surface area contributed by atoms with Crippen LogP contribution in [0.15, 0.2) is 30.3 Å². The van der Waals surface area contributed by atoms with Gasteiger partial charge in [-0.1, -0.05) is 43.7 Å². The number of hydrogen-bond acceptors (Lipinski definition) is 2. The molecule has 130 valence electrons. The molecule has 0 aromatic heterocycles. The molecular weight excluding hydrogens is 300 g/mol. The Labute approximate surface area is 144 Å². The van der Waals surface area contributed by atoms with Gasteiger partial charge in [-0.05, 0) is 37.7 Å². The van der Waals surface area contributed by atoms with Gasteiger partial charge in [0.05, 0.1) is 12.0 Å². The molecule has 2 aliphatic rings. The largest absolute Gasteiger partial charge is 0.349 e. The van der Waals surface area contributed by atoms with Crippen molar-refractivity contribution in [2.75, 3.05) is 13.1 Å². The minimum absolute atomic E-state index is 0.0653. The van der Waals surface area contributed by atoms with Crippen molar-refractivity contribution < 1.29 is 9.59 Å². The van der Waals surface area contributed by atoms with Gasteiger partial charge in [0, 0.05) is 19.0 Å². The van der Waals surface area contributed by atoms with Crippen molar-refractivity contribution in [2.24, 2.45) is 11.8 Å². The van der Waals surface area contributed by atoms with Crippen LogP contribution in [0.25, 0.3) is 0 Å². The van der Waals surface area contributed by atoms with Gasteiger partial charge in [0.25, 0.3) is 0 Å². The zero-order chi connectivity index (χ0) is 16.9. The van der Waals surface area contributed by atoms with Crippen LogP contribution in [-0.2, 0) is 9.59 Å². The second-order valence-corrected chi connectivity index (χ2v) is 7.16. The van der Waals surface area contributed by atoms with Crippen LogP contribution >= 0.6 is 0 Å². The Morgan fingerprint density at radius 2 is 1.92 bits per heavy atom. The maximum atomic E-state index is 12.8. The first-order chi connectivity index (χ1) is 11.7. The van der Waals surface area contributed by atoms with E-state index in [9.17, 15) is 9.59 Å². The number of hydrogen-bond donors (Lipinski definition) is 1. The van der Waals surface area contributed by atoms with Crippen LogP contribution < -0.4 is 5.32 Å². The lowest BCUT2D eigenvalue weighted by molar-refractivity contribution is -0.137. The summed E-state index contributed by atoms with van der Waals surface area (Å²) in [5.74, 6) is 0.541. The average Bonchev–Trinajstić information content (AvgIpc) is 3.46. The quantitative estimate of drug-likeness (QED) is 0.871. The third-order valence-corrected chi connectivity index (χ3v) is 5.13. The van der Waals surface area contributed by atoms with Crippen LogP contribution in [-0.4, -0.2) is 29.8 Å². The molecule has 1 N–H and O–H groups in total. The lowest BCUT2D eigenvalue weighted by Crippen LogP contribution is -2.46. The van der Waals surface area contributed by atoms with E-state index in [4.69, 9.17) is 0 Å². The van der Waals surface area contributed by atoms with Gasteiger partial charge in [-0.15, -0.1) is 0 Å². The molecule has 1 aliphatic carbocycles. The lowest BCUT2D eigenvalue weighted by atomic mass is 9.95. The molecular formula is C20H28N2O2. The van der Waals surface area contributed by atoms with Crippen molar-refractivity contribution in [3.05, 3.63) is 35.9 Å². The van der Waals surface area contributed by atoms with Crippen LogP contribution in [0.5, 0.6) is 0 Å². The van der Waals surface area contributed by atoms with Gasteiger partial charge in [0.15, 0.2) is 0 Å². The smallest absolute Gasteiger partial charge is 0.225 e. The first-order valence-corrected chi connectivity index (χ1v) is 9.33. The molecule has 1 heterocycles. The third-order valence-electron chi connectivity index (χ3n) is 5.13. The second kappa shape index (κ2) is 7.82. The number of benzene rings is 1. The normalized spacial score (nSPS) is 22.0. The number of nitrogens with one attached hydrogen (secondary N) is 1. The molecule has 1 aromatic carbocycles. The number of piperidine rings is 1. The topological polar surface area (TPSA) is 49.4 Å². The Morgan fingerprint density at radius 1 is 1.17 bits per heavy atom. The summed E-state index contributed by atoms with van der Waals surface area (Å²) < 4.78 is 0. The zero-order valence-corrected chi connectivity index (χ0v) is 14.5. The minimum atomic E-state index is -0.0653. The summed E-state index contributed by atoms with van der Waals surface area (Å²) in [6.07, 6.45) is 5.83. The van der Waals surface area contributed by atoms with Crippen molar-refractivity contribution in [1.29, 1.82) is 0 Å². The summed E-state index contributed by atoms with van der Waals surface area (Å²) >= 11 is 0. The Bertz CT molecular complexity index is 568. The molecule has 1 aliphatic heterocycles. The van der Waals surface area contributed by atoms with Crippen LogP contribution in [0.2, 0.25) is 0 Å². The summed E-state index contributed by atoms with van der Waals surface area (Å²) in [5, 5.41) is 3.23. The maximum absolute atomic E-state index is 12.8. The molecule has 2 fully saturated rings. The Hall–Kier alpha value is -1.84. The highest BCUT2D eigenvalue weighted by molar-refractivity contribution is 5.83. The summed E-state index contributed by atoms with van der Waals surface area (Å²) in [4.78, 5) is 26.9. The number of amides is 2. The maximum Gasteiger partial charge on any atom is 0.225 e. The summed E-state index contributed by atoms with van der Waals surface area (Å²) in [7, 11) is 0. The fourth-order valence-electron chi connectivity index (χ4n) is 3.57. The third kappa shape index (κ3) is 4.16. The molecule has 0 bridgehead atoms. The molecule has 1 saturated carbocycles. The van der Waals surface area contributed by atoms with Gasteiger partial charge in [-0.25, -0.2) is 0 Å². The highest BCUT2D eigenvalue weighted by Crippen LogP contribution is 2.32. The fourth-order valence-corrected chi connectivity index (χ4v) is 3.57. The minimum Gasteiger partial charge on any atom is -0.349 e. The first-order valence-electron chi connectivity index (χ1n) is 9.33. The molecule has 3 rings (SSSR count). The van der Waals surface area contributed by atoms with E-state index in [0.717, 1.165) is 50.6 Å². The zero-order valence-electron chi connectivity index (χ0n) is 14.5. The first kappa shape index (κ1) is 17.0. The standard InChI is InChI=1S/C20H28N2O2/c1-2-7-18(15-8-4-3-5-9-15)21-19(23)17-10-6-13-22(14-17)20(24)16-11-12-16/h3-5,8-9,16-18H,2,6-7,10-14H2,1H3,(H,21,23)/t17-,18-/m0/s1. The van der Waals surface area contributed by atoms with Crippen molar-refractivity contribution >= 4 is 11.8 Å². The summed E-state index contributed by atoms with van der Waals surface area (Å²) in [6.45, 7) is 3.55. The molecule has 2 atom stereocenters. The summed E-state index contributed by atoms with van der Waals surface area (Å²) in [6, 6.07) is 10.2. The predicted molar refractivity (Wildman–Crippen MR) is 94.3 cm³/mol. The molecule has 4 heteroatoms. The molecule has 0 unspecified atom stereocenters. The molecule has 1 saturated heterocycles. The van der Waals surface area contributed by atoms with E-state index in [1.165, 1.54) is 0 Å². The van der Waals surface area contributed by atoms with Crippen molar-refractivity contribution in [1.82, 2.24) is 10.2 Å². The van der Waals surface area contributed by atoms with Gasteiger partial charge in [0.1, 0.15) is 0 Å². The van der Waals surface area contributed by atoms with Gasteiger partial charge in [0.2, 0.25) is 11.8 Å². The van der Waals surface area contributed by atoms with E-state index in [1.54, 1.807) is 0 Å². The lowest BCUT2D eigenvalue weighted by Gasteiger charge is -2.33. The number of carbonyl (C=O) groups excluding carboxylic acids is 2. The molecule has 0 spiro atoms. The highest BCUT2D eigenvalue weighted by Gasteiger charge is 2.36.